The van der Waals surface area contributed by atoms with Crippen LogP contribution in [0.3, 0.4) is 0 Å². The van der Waals surface area contributed by atoms with E-state index in [4.69, 9.17) is 0 Å². The highest BCUT2D eigenvalue weighted by molar-refractivity contribution is 5.78. The largest absolute Gasteiger partial charge is 0.352 e. The van der Waals surface area contributed by atoms with E-state index in [1.165, 1.54) is 32.1 Å². The average molecular weight is 268 g/mol. The molecule has 2 N–H and O–H groups in total. The van der Waals surface area contributed by atoms with Gasteiger partial charge in [-0.1, -0.05) is 40.0 Å². The van der Waals surface area contributed by atoms with E-state index < -0.39 is 0 Å². The lowest BCUT2D eigenvalue weighted by Crippen LogP contribution is -2.42. The lowest BCUT2D eigenvalue weighted by Gasteiger charge is -2.28. The molecular weight excluding hydrogens is 236 g/mol. The van der Waals surface area contributed by atoms with Crippen molar-refractivity contribution in [2.75, 3.05) is 13.1 Å². The number of rotatable bonds is 7. The number of hydrogen-bond acceptors (Lipinski definition) is 2. The highest BCUT2D eigenvalue weighted by Gasteiger charge is 2.19. The second-order valence-electron chi connectivity index (χ2n) is 6.53. The van der Waals surface area contributed by atoms with Crippen molar-refractivity contribution in [1.82, 2.24) is 10.6 Å². The third-order valence-corrected chi connectivity index (χ3v) is 4.65. The van der Waals surface area contributed by atoms with Gasteiger partial charge in [0.15, 0.2) is 0 Å². The predicted molar refractivity (Wildman–Crippen MR) is 81.1 cm³/mol. The molecule has 1 fully saturated rings. The maximum absolute atomic E-state index is 11.7. The molecule has 0 heterocycles. The zero-order valence-electron chi connectivity index (χ0n) is 13.2. The van der Waals surface area contributed by atoms with E-state index in [2.05, 4.69) is 38.3 Å². The summed E-state index contributed by atoms with van der Waals surface area (Å²) in [5, 5.41) is 6.35. The maximum Gasteiger partial charge on any atom is 0.234 e. The summed E-state index contributed by atoms with van der Waals surface area (Å²) < 4.78 is 0. The van der Waals surface area contributed by atoms with Crippen molar-refractivity contribution in [1.29, 1.82) is 0 Å². The van der Waals surface area contributed by atoms with Gasteiger partial charge >= 0.3 is 0 Å². The molecule has 0 aromatic heterocycles. The fraction of sp³-hybridized carbons (Fsp3) is 0.938. The highest BCUT2D eigenvalue weighted by atomic mass is 16.1. The standard InChI is InChI=1S/C16H32N2O/c1-5-14-6-8-15(9-7-14)10-17-11-16(19)18-13(4)12(2)3/h12-15,17H,5-11H2,1-4H3,(H,18,19). The van der Waals surface area contributed by atoms with Gasteiger partial charge in [-0.15, -0.1) is 0 Å². The van der Waals surface area contributed by atoms with Gasteiger partial charge in [-0.25, -0.2) is 0 Å². The molecule has 0 aromatic carbocycles. The Labute approximate surface area is 118 Å². The van der Waals surface area contributed by atoms with Crippen LogP contribution in [0, 0.1) is 17.8 Å². The third-order valence-electron chi connectivity index (χ3n) is 4.65. The van der Waals surface area contributed by atoms with Crippen LogP contribution in [0.1, 0.15) is 59.8 Å². The molecule has 3 heteroatoms. The quantitative estimate of drug-likeness (QED) is 0.745. The van der Waals surface area contributed by atoms with Crippen LogP contribution in [0.5, 0.6) is 0 Å². The van der Waals surface area contributed by atoms with Gasteiger partial charge in [0, 0.05) is 6.04 Å². The normalized spacial score (nSPS) is 25.3. The van der Waals surface area contributed by atoms with Crippen LogP contribution in [-0.4, -0.2) is 25.0 Å². The molecule has 112 valence electrons. The van der Waals surface area contributed by atoms with Crippen molar-refractivity contribution in [2.45, 2.75) is 65.8 Å². The molecule has 0 saturated heterocycles. The summed E-state index contributed by atoms with van der Waals surface area (Å²) in [6, 6.07) is 0.259. The lowest BCUT2D eigenvalue weighted by atomic mass is 9.81. The van der Waals surface area contributed by atoms with Crippen molar-refractivity contribution >= 4 is 5.91 Å². The van der Waals surface area contributed by atoms with Crippen LogP contribution in [0.15, 0.2) is 0 Å². The zero-order valence-corrected chi connectivity index (χ0v) is 13.2. The fourth-order valence-corrected chi connectivity index (χ4v) is 2.71. The smallest absolute Gasteiger partial charge is 0.234 e. The number of carbonyl (C=O) groups excluding carboxylic acids is 1. The number of carbonyl (C=O) groups is 1. The van der Waals surface area contributed by atoms with Crippen molar-refractivity contribution in [3.8, 4) is 0 Å². The van der Waals surface area contributed by atoms with E-state index in [1.54, 1.807) is 0 Å². The summed E-state index contributed by atoms with van der Waals surface area (Å²) in [4.78, 5) is 11.7. The topological polar surface area (TPSA) is 41.1 Å². The molecule has 1 saturated carbocycles. The summed E-state index contributed by atoms with van der Waals surface area (Å²) in [5.41, 5.74) is 0. The molecule has 1 rings (SSSR count). The Kier molecular flexibility index (Phi) is 7.44. The van der Waals surface area contributed by atoms with Crippen molar-refractivity contribution in [3.05, 3.63) is 0 Å². The van der Waals surface area contributed by atoms with Crippen LogP contribution in [-0.2, 0) is 4.79 Å². The van der Waals surface area contributed by atoms with Crippen molar-refractivity contribution in [2.24, 2.45) is 17.8 Å². The molecule has 0 aliphatic heterocycles. The van der Waals surface area contributed by atoms with E-state index in [0.29, 0.717) is 12.5 Å². The minimum Gasteiger partial charge on any atom is -0.352 e. The molecule has 1 aliphatic carbocycles. The van der Waals surface area contributed by atoms with Gasteiger partial charge in [-0.2, -0.15) is 0 Å². The first-order chi connectivity index (χ1) is 9.02. The van der Waals surface area contributed by atoms with E-state index >= 15 is 0 Å². The SMILES string of the molecule is CCC1CCC(CNCC(=O)NC(C)C(C)C)CC1. The molecule has 0 aromatic rings. The molecule has 0 radical (unpaired) electrons. The van der Waals surface area contributed by atoms with Crippen LogP contribution in [0.25, 0.3) is 0 Å². The molecule has 19 heavy (non-hydrogen) atoms. The minimum absolute atomic E-state index is 0.128. The number of nitrogens with one attached hydrogen (secondary N) is 2. The third kappa shape index (κ3) is 6.42. The Hall–Kier alpha value is -0.570. The molecule has 1 amide bonds. The molecular formula is C16H32N2O. The fourth-order valence-electron chi connectivity index (χ4n) is 2.71. The molecule has 1 atom stereocenters. The van der Waals surface area contributed by atoms with Crippen LogP contribution in [0.2, 0.25) is 0 Å². The summed E-state index contributed by atoms with van der Waals surface area (Å²) in [6.07, 6.45) is 6.74. The first-order valence-electron chi connectivity index (χ1n) is 8.03. The van der Waals surface area contributed by atoms with Gasteiger partial charge in [-0.05, 0) is 44.1 Å². The second-order valence-corrected chi connectivity index (χ2v) is 6.53. The molecule has 0 spiro atoms. The maximum atomic E-state index is 11.7. The van der Waals surface area contributed by atoms with E-state index in [1.807, 2.05) is 0 Å². The van der Waals surface area contributed by atoms with Gasteiger partial charge in [0.05, 0.1) is 6.54 Å². The van der Waals surface area contributed by atoms with Gasteiger partial charge in [-0.3, -0.25) is 4.79 Å². The first kappa shape index (κ1) is 16.5. The van der Waals surface area contributed by atoms with Gasteiger partial charge < -0.3 is 10.6 Å². The molecule has 1 unspecified atom stereocenters. The van der Waals surface area contributed by atoms with E-state index in [-0.39, 0.29) is 11.9 Å². The Morgan fingerprint density at radius 1 is 1.11 bits per heavy atom. The van der Waals surface area contributed by atoms with Crippen LogP contribution in [0.4, 0.5) is 0 Å². The predicted octanol–water partition coefficient (Wildman–Crippen LogP) is 2.95. The second kappa shape index (κ2) is 8.57. The number of hydrogen-bond donors (Lipinski definition) is 2. The van der Waals surface area contributed by atoms with Crippen LogP contribution >= 0.6 is 0 Å². The summed E-state index contributed by atoms with van der Waals surface area (Å²) in [5.74, 6) is 2.35. The minimum atomic E-state index is 0.128. The monoisotopic (exact) mass is 268 g/mol. The summed E-state index contributed by atoms with van der Waals surface area (Å²) in [7, 11) is 0. The van der Waals surface area contributed by atoms with Crippen molar-refractivity contribution < 1.29 is 4.79 Å². The Morgan fingerprint density at radius 3 is 2.21 bits per heavy atom. The van der Waals surface area contributed by atoms with Gasteiger partial charge in [0.25, 0.3) is 0 Å². The summed E-state index contributed by atoms with van der Waals surface area (Å²) in [6.45, 7) is 10.1. The number of amides is 1. The van der Waals surface area contributed by atoms with Crippen LogP contribution < -0.4 is 10.6 Å². The molecule has 0 bridgehead atoms. The Bertz CT molecular complexity index is 257. The Morgan fingerprint density at radius 2 is 1.68 bits per heavy atom. The zero-order chi connectivity index (χ0) is 14.3. The van der Waals surface area contributed by atoms with E-state index in [0.717, 1.165) is 18.4 Å². The lowest BCUT2D eigenvalue weighted by molar-refractivity contribution is -0.121. The van der Waals surface area contributed by atoms with E-state index in [9.17, 15) is 4.79 Å². The average Bonchev–Trinajstić information content (AvgIpc) is 2.39. The molecule has 1 aliphatic rings. The highest BCUT2D eigenvalue weighted by Crippen LogP contribution is 2.29. The summed E-state index contributed by atoms with van der Waals surface area (Å²) >= 11 is 0. The van der Waals surface area contributed by atoms with Crippen molar-refractivity contribution in [3.63, 3.8) is 0 Å². The van der Waals surface area contributed by atoms with Gasteiger partial charge in [0.2, 0.25) is 5.91 Å². The Balaban J connectivity index is 2.09. The molecule has 3 nitrogen and oxygen atoms in total. The van der Waals surface area contributed by atoms with Gasteiger partial charge in [0.1, 0.15) is 0 Å². The first-order valence-corrected chi connectivity index (χ1v) is 8.03.